The number of rotatable bonds is 1. The number of carbonyl (C=O) groups excluding carboxylic acids is 1. The predicted octanol–water partition coefficient (Wildman–Crippen LogP) is 3.38. The van der Waals surface area contributed by atoms with Crippen LogP contribution in [0.25, 0.3) is 11.1 Å². The Morgan fingerprint density at radius 1 is 0.909 bits per heavy atom. The first kappa shape index (κ1) is 18.6. The van der Waals surface area contributed by atoms with Crippen LogP contribution in [-0.4, -0.2) is 24.0 Å². The molecule has 3 nitrogen and oxygen atoms in total. The highest BCUT2D eigenvalue weighted by Crippen LogP contribution is 2.17. The SMILES string of the molecule is NS.O=C1CSCCCN1.c1ccc(-c2ccccc2)cc1. The van der Waals surface area contributed by atoms with Crippen LogP contribution < -0.4 is 10.5 Å². The van der Waals surface area contributed by atoms with Gasteiger partial charge in [0.2, 0.25) is 5.91 Å². The Morgan fingerprint density at radius 3 is 1.91 bits per heavy atom. The molecule has 1 saturated heterocycles. The molecule has 0 spiro atoms. The first-order valence-corrected chi connectivity index (χ1v) is 8.74. The maximum atomic E-state index is 10.6. The van der Waals surface area contributed by atoms with E-state index >= 15 is 0 Å². The van der Waals surface area contributed by atoms with Gasteiger partial charge in [0.05, 0.1) is 5.75 Å². The fourth-order valence-corrected chi connectivity index (χ4v) is 2.66. The van der Waals surface area contributed by atoms with Crippen molar-refractivity contribution in [1.82, 2.24) is 5.32 Å². The minimum Gasteiger partial charge on any atom is -0.355 e. The molecule has 0 atom stereocenters. The molecule has 22 heavy (non-hydrogen) atoms. The Bertz CT molecular complexity index is 473. The van der Waals surface area contributed by atoms with Crippen molar-refractivity contribution in [2.24, 2.45) is 5.14 Å². The lowest BCUT2D eigenvalue weighted by atomic mass is 10.1. The molecule has 0 saturated carbocycles. The monoisotopic (exact) mass is 334 g/mol. The van der Waals surface area contributed by atoms with Crippen molar-refractivity contribution in [3.05, 3.63) is 60.7 Å². The van der Waals surface area contributed by atoms with Crippen LogP contribution in [0.4, 0.5) is 0 Å². The summed E-state index contributed by atoms with van der Waals surface area (Å²) in [6.07, 6.45) is 1.12. The first-order chi connectivity index (χ1) is 10.9. The summed E-state index contributed by atoms with van der Waals surface area (Å²) in [6.45, 7) is 0.867. The number of thiol groups is 1. The fourth-order valence-electron chi connectivity index (χ4n) is 1.88. The molecule has 0 aromatic heterocycles. The van der Waals surface area contributed by atoms with Gasteiger partial charge in [-0.15, -0.1) is 12.8 Å². The number of amides is 1. The molecule has 1 amide bonds. The van der Waals surface area contributed by atoms with Gasteiger partial charge >= 0.3 is 0 Å². The largest absolute Gasteiger partial charge is 0.355 e. The van der Waals surface area contributed by atoms with Crippen LogP contribution in [0.5, 0.6) is 0 Å². The van der Waals surface area contributed by atoms with Gasteiger partial charge in [0, 0.05) is 6.54 Å². The van der Waals surface area contributed by atoms with Gasteiger partial charge in [-0.2, -0.15) is 11.8 Å². The topological polar surface area (TPSA) is 55.1 Å². The number of nitrogens with one attached hydrogen (secondary N) is 1. The van der Waals surface area contributed by atoms with Gasteiger partial charge < -0.3 is 5.32 Å². The second kappa shape index (κ2) is 12.1. The van der Waals surface area contributed by atoms with E-state index in [1.165, 1.54) is 11.1 Å². The third-order valence-electron chi connectivity index (χ3n) is 2.90. The molecule has 0 unspecified atom stereocenters. The third-order valence-corrected chi connectivity index (χ3v) is 3.95. The van der Waals surface area contributed by atoms with E-state index in [0.717, 1.165) is 18.7 Å². The highest BCUT2D eigenvalue weighted by atomic mass is 32.2. The van der Waals surface area contributed by atoms with E-state index in [9.17, 15) is 4.79 Å². The Morgan fingerprint density at radius 2 is 1.41 bits per heavy atom. The summed E-state index contributed by atoms with van der Waals surface area (Å²) in [5.74, 6) is 1.96. The second-order valence-corrected chi connectivity index (χ2v) is 5.59. The number of carbonyl (C=O) groups is 1. The van der Waals surface area contributed by atoms with E-state index in [1.54, 1.807) is 11.8 Å². The van der Waals surface area contributed by atoms with Crippen LogP contribution in [-0.2, 0) is 4.79 Å². The smallest absolute Gasteiger partial charge is 0.229 e. The Balaban J connectivity index is 0.000000211. The van der Waals surface area contributed by atoms with Gasteiger partial charge in [0.15, 0.2) is 0 Å². The maximum absolute atomic E-state index is 10.6. The summed E-state index contributed by atoms with van der Waals surface area (Å²) in [7, 11) is 0. The fraction of sp³-hybridized carbons (Fsp3) is 0.235. The maximum Gasteiger partial charge on any atom is 0.229 e. The van der Waals surface area contributed by atoms with Crippen molar-refractivity contribution in [2.45, 2.75) is 6.42 Å². The molecule has 0 bridgehead atoms. The molecule has 0 radical (unpaired) electrons. The summed E-state index contributed by atoms with van der Waals surface area (Å²) >= 11 is 4.74. The van der Waals surface area contributed by atoms with Gasteiger partial charge in [0.25, 0.3) is 0 Å². The molecular formula is C17H22N2OS2. The van der Waals surface area contributed by atoms with Gasteiger partial charge in [-0.1, -0.05) is 60.7 Å². The van der Waals surface area contributed by atoms with Crippen molar-refractivity contribution in [3.8, 4) is 11.1 Å². The van der Waals surface area contributed by atoms with E-state index in [-0.39, 0.29) is 5.91 Å². The minimum atomic E-state index is 0.188. The van der Waals surface area contributed by atoms with Crippen LogP contribution in [0, 0.1) is 0 Å². The van der Waals surface area contributed by atoms with Crippen LogP contribution >= 0.6 is 24.6 Å². The lowest BCUT2D eigenvalue weighted by Crippen LogP contribution is -2.23. The number of thioether (sulfide) groups is 1. The lowest BCUT2D eigenvalue weighted by molar-refractivity contribution is -0.118. The summed E-state index contributed by atoms with van der Waals surface area (Å²) < 4.78 is 0. The first-order valence-electron chi connectivity index (χ1n) is 7.07. The average Bonchev–Trinajstić information content (AvgIpc) is 2.86. The zero-order valence-electron chi connectivity index (χ0n) is 12.4. The van der Waals surface area contributed by atoms with Crippen molar-refractivity contribution in [3.63, 3.8) is 0 Å². The molecule has 1 fully saturated rings. The summed E-state index contributed by atoms with van der Waals surface area (Å²) in [5.41, 5.74) is 2.55. The van der Waals surface area contributed by atoms with Crippen LogP contribution in [0.15, 0.2) is 60.7 Å². The summed E-state index contributed by atoms with van der Waals surface area (Å²) in [6, 6.07) is 20.8. The standard InChI is InChI=1S/C12H10.C5H9NOS.H3NS/c1-3-7-11(8-4-1)12-9-5-2-6-10-12;7-5-4-8-3-1-2-6-5;1-2/h1-10H;1-4H2,(H,6,7);2H,1H2. The zero-order chi connectivity index (χ0) is 16.0. The Hall–Kier alpha value is -1.43. The highest BCUT2D eigenvalue weighted by molar-refractivity contribution is 7.99. The van der Waals surface area contributed by atoms with E-state index in [1.807, 2.05) is 12.1 Å². The Labute approximate surface area is 142 Å². The third kappa shape index (κ3) is 7.54. The molecule has 1 heterocycles. The van der Waals surface area contributed by atoms with E-state index in [4.69, 9.17) is 0 Å². The van der Waals surface area contributed by atoms with Crippen molar-refractivity contribution in [2.75, 3.05) is 18.1 Å². The molecule has 2 aromatic rings. The highest BCUT2D eigenvalue weighted by Gasteiger charge is 2.03. The number of nitrogens with two attached hydrogens (primary N) is 1. The van der Waals surface area contributed by atoms with Gasteiger partial charge in [0.1, 0.15) is 0 Å². The van der Waals surface area contributed by atoms with Crippen molar-refractivity contribution >= 4 is 30.5 Å². The molecule has 2 aromatic carbocycles. The normalized spacial score (nSPS) is 13.5. The molecule has 118 valence electrons. The van der Waals surface area contributed by atoms with Gasteiger partial charge in [-0.3, -0.25) is 9.93 Å². The van der Waals surface area contributed by atoms with Gasteiger partial charge in [-0.25, -0.2) is 0 Å². The zero-order valence-corrected chi connectivity index (χ0v) is 14.2. The van der Waals surface area contributed by atoms with Crippen LogP contribution in [0.3, 0.4) is 0 Å². The summed E-state index contributed by atoms with van der Waals surface area (Å²) in [5, 5.41) is 6.98. The molecule has 5 heteroatoms. The predicted molar refractivity (Wildman–Crippen MR) is 100 cm³/mol. The van der Waals surface area contributed by atoms with Crippen LogP contribution in [0.1, 0.15) is 6.42 Å². The average molecular weight is 335 g/mol. The van der Waals surface area contributed by atoms with E-state index < -0.39 is 0 Å². The molecule has 0 aliphatic carbocycles. The molecule has 1 aliphatic heterocycles. The molecule has 3 N–H and O–H groups in total. The van der Waals surface area contributed by atoms with E-state index in [2.05, 4.69) is 71.8 Å². The molecule has 3 rings (SSSR count). The van der Waals surface area contributed by atoms with Gasteiger partial charge in [-0.05, 0) is 23.3 Å². The Kier molecular flexibility index (Phi) is 10.3. The van der Waals surface area contributed by atoms with Crippen LogP contribution in [0.2, 0.25) is 0 Å². The number of benzene rings is 2. The van der Waals surface area contributed by atoms with E-state index in [0.29, 0.717) is 5.75 Å². The van der Waals surface area contributed by atoms with Crippen molar-refractivity contribution in [1.29, 1.82) is 0 Å². The minimum absolute atomic E-state index is 0.188. The molecular weight excluding hydrogens is 312 g/mol. The number of hydrogen-bond donors (Lipinski definition) is 3. The van der Waals surface area contributed by atoms with Crippen molar-refractivity contribution < 1.29 is 4.79 Å². The summed E-state index contributed by atoms with van der Waals surface area (Å²) in [4.78, 5) is 10.6. The molecule has 1 aliphatic rings. The quantitative estimate of drug-likeness (QED) is 0.701. The number of hydrogen-bond acceptors (Lipinski definition) is 4. The lowest BCUT2D eigenvalue weighted by Gasteiger charge is -1.98. The second-order valence-electron chi connectivity index (χ2n) is 4.49.